The summed E-state index contributed by atoms with van der Waals surface area (Å²) in [4.78, 5) is 0. The molecule has 0 aromatic heterocycles. The third kappa shape index (κ3) is 1.65. The number of hydrogen-bond acceptors (Lipinski definition) is 3. The second-order valence-corrected chi connectivity index (χ2v) is 3.23. The first-order valence-corrected chi connectivity index (χ1v) is 4.13. The molecule has 1 aliphatic rings. The summed E-state index contributed by atoms with van der Waals surface area (Å²) in [5, 5.41) is 0. The third-order valence-electron chi connectivity index (χ3n) is 1.40. The van der Waals surface area contributed by atoms with Gasteiger partial charge in [0.1, 0.15) is 0 Å². The maximum atomic E-state index is 5.24. The molecular weight excluding hydrogens is 120 g/mol. The van der Waals surface area contributed by atoms with Crippen molar-refractivity contribution in [3.63, 3.8) is 0 Å². The molecule has 0 saturated carbocycles. The fourth-order valence-electron chi connectivity index (χ4n) is 0.872. The van der Waals surface area contributed by atoms with Gasteiger partial charge in [-0.1, -0.05) is 0 Å². The van der Waals surface area contributed by atoms with E-state index in [9.17, 15) is 0 Å². The molecule has 1 fully saturated rings. The lowest BCUT2D eigenvalue weighted by atomic mass is 10.2. The predicted octanol–water partition coefficient (Wildman–Crippen LogP) is 0.345. The van der Waals surface area contributed by atoms with Gasteiger partial charge >= 0.3 is 0 Å². The molecule has 0 spiro atoms. The lowest BCUT2D eigenvalue weighted by Gasteiger charge is -2.19. The van der Waals surface area contributed by atoms with E-state index in [4.69, 9.17) is 5.84 Å². The summed E-state index contributed by atoms with van der Waals surface area (Å²) in [6.07, 6.45) is 2.57. The molecule has 0 bridgehead atoms. The van der Waals surface area contributed by atoms with Crippen molar-refractivity contribution < 1.29 is 0 Å². The van der Waals surface area contributed by atoms with Crippen LogP contribution in [0.5, 0.6) is 0 Å². The summed E-state index contributed by atoms with van der Waals surface area (Å²) in [5.41, 5.74) is 2.78. The highest BCUT2D eigenvalue weighted by Gasteiger charge is 2.10. The van der Waals surface area contributed by atoms with Gasteiger partial charge in [0.15, 0.2) is 0 Å². The smallest absolute Gasteiger partial charge is 0.0301 e. The van der Waals surface area contributed by atoms with Crippen molar-refractivity contribution >= 4 is 11.8 Å². The first kappa shape index (κ1) is 6.39. The Labute approximate surface area is 54.2 Å². The average Bonchev–Trinajstić information content (AvgIpc) is 1.90. The van der Waals surface area contributed by atoms with Gasteiger partial charge in [0.2, 0.25) is 0 Å². The molecule has 2 nitrogen and oxygen atoms in total. The molecule has 1 atom stereocenters. The number of rotatable bonds is 1. The number of hydrazine groups is 1. The van der Waals surface area contributed by atoms with Crippen molar-refractivity contribution in [3.8, 4) is 0 Å². The van der Waals surface area contributed by atoms with E-state index in [0.717, 1.165) is 0 Å². The van der Waals surface area contributed by atoms with E-state index in [1.165, 1.54) is 24.3 Å². The lowest BCUT2D eigenvalue weighted by Crippen LogP contribution is -2.38. The van der Waals surface area contributed by atoms with Gasteiger partial charge in [0.25, 0.3) is 0 Å². The van der Waals surface area contributed by atoms with Gasteiger partial charge in [-0.15, -0.1) is 0 Å². The van der Waals surface area contributed by atoms with Crippen LogP contribution in [-0.2, 0) is 0 Å². The van der Waals surface area contributed by atoms with Crippen LogP contribution in [0.4, 0.5) is 0 Å². The SMILES string of the molecule is NNC1CCCSC1. The van der Waals surface area contributed by atoms with Crippen molar-refractivity contribution in [2.75, 3.05) is 11.5 Å². The van der Waals surface area contributed by atoms with E-state index < -0.39 is 0 Å². The molecule has 1 heterocycles. The van der Waals surface area contributed by atoms with E-state index in [1.807, 2.05) is 11.8 Å². The van der Waals surface area contributed by atoms with Gasteiger partial charge in [-0.2, -0.15) is 11.8 Å². The van der Waals surface area contributed by atoms with Crippen LogP contribution in [-0.4, -0.2) is 17.5 Å². The Morgan fingerprint density at radius 2 is 2.50 bits per heavy atom. The fourth-order valence-corrected chi connectivity index (χ4v) is 1.96. The van der Waals surface area contributed by atoms with Crippen molar-refractivity contribution in [2.45, 2.75) is 18.9 Å². The molecule has 1 aliphatic heterocycles. The predicted molar refractivity (Wildman–Crippen MR) is 37.7 cm³/mol. The summed E-state index contributed by atoms with van der Waals surface area (Å²) < 4.78 is 0. The van der Waals surface area contributed by atoms with E-state index in [1.54, 1.807) is 0 Å². The van der Waals surface area contributed by atoms with E-state index in [0.29, 0.717) is 6.04 Å². The molecule has 0 aliphatic carbocycles. The topological polar surface area (TPSA) is 38.0 Å². The maximum absolute atomic E-state index is 5.24. The van der Waals surface area contributed by atoms with E-state index in [-0.39, 0.29) is 0 Å². The quantitative estimate of drug-likeness (QED) is 0.399. The maximum Gasteiger partial charge on any atom is 0.0301 e. The molecule has 0 amide bonds. The van der Waals surface area contributed by atoms with Gasteiger partial charge in [-0.25, -0.2) is 0 Å². The molecule has 0 aromatic carbocycles. The van der Waals surface area contributed by atoms with Gasteiger partial charge in [-0.05, 0) is 18.6 Å². The highest BCUT2D eigenvalue weighted by molar-refractivity contribution is 7.99. The summed E-state index contributed by atoms with van der Waals surface area (Å²) in [6, 6.07) is 0.578. The zero-order valence-electron chi connectivity index (χ0n) is 4.89. The van der Waals surface area contributed by atoms with Crippen molar-refractivity contribution in [2.24, 2.45) is 5.84 Å². The molecule has 3 N–H and O–H groups in total. The fraction of sp³-hybridized carbons (Fsp3) is 1.00. The first-order chi connectivity index (χ1) is 3.93. The number of nitrogens with two attached hydrogens (primary N) is 1. The Hall–Kier alpha value is 0.270. The molecule has 1 saturated heterocycles. The Kier molecular flexibility index (Phi) is 2.66. The number of thioether (sulfide) groups is 1. The molecule has 3 heteroatoms. The standard InChI is InChI=1S/C5H12N2S/c6-7-5-2-1-3-8-4-5/h5,7H,1-4,6H2. The highest BCUT2D eigenvalue weighted by atomic mass is 32.2. The third-order valence-corrected chi connectivity index (χ3v) is 2.61. The molecule has 0 radical (unpaired) electrons. The largest absolute Gasteiger partial charge is 0.271 e. The molecule has 0 aromatic rings. The monoisotopic (exact) mass is 132 g/mol. The molecule has 1 rings (SSSR count). The van der Waals surface area contributed by atoms with Crippen LogP contribution in [0.3, 0.4) is 0 Å². The Balaban J connectivity index is 2.13. The van der Waals surface area contributed by atoms with Gasteiger partial charge in [0, 0.05) is 11.8 Å². The number of nitrogens with one attached hydrogen (secondary N) is 1. The second kappa shape index (κ2) is 3.33. The molecule has 8 heavy (non-hydrogen) atoms. The molecule has 48 valence electrons. The first-order valence-electron chi connectivity index (χ1n) is 2.97. The minimum Gasteiger partial charge on any atom is -0.271 e. The summed E-state index contributed by atoms with van der Waals surface area (Å²) >= 11 is 1.99. The van der Waals surface area contributed by atoms with Crippen LogP contribution in [0.15, 0.2) is 0 Å². The lowest BCUT2D eigenvalue weighted by molar-refractivity contribution is 0.524. The van der Waals surface area contributed by atoms with E-state index >= 15 is 0 Å². The normalized spacial score (nSPS) is 30.4. The van der Waals surface area contributed by atoms with Crippen LogP contribution in [0, 0.1) is 0 Å². The van der Waals surface area contributed by atoms with Gasteiger partial charge in [0.05, 0.1) is 0 Å². The van der Waals surface area contributed by atoms with Crippen LogP contribution in [0.25, 0.3) is 0 Å². The van der Waals surface area contributed by atoms with Crippen molar-refractivity contribution in [1.29, 1.82) is 0 Å². The van der Waals surface area contributed by atoms with Crippen LogP contribution in [0.1, 0.15) is 12.8 Å². The minimum atomic E-state index is 0.578. The second-order valence-electron chi connectivity index (χ2n) is 2.08. The molecular formula is C5H12N2S. The van der Waals surface area contributed by atoms with Gasteiger partial charge < -0.3 is 0 Å². The Bertz CT molecular complexity index is 61.4. The summed E-state index contributed by atoms with van der Waals surface area (Å²) in [6.45, 7) is 0. The zero-order chi connectivity index (χ0) is 5.82. The summed E-state index contributed by atoms with van der Waals surface area (Å²) in [7, 11) is 0. The van der Waals surface area contributed by atoms with Crippen LogP contribution >= 0.6 is 11.8 Å². The summed E-state index contributed by atoms with van der Waals surface area (Å²) in [5.74, 6) is 7.75. The zero-order valence-corrected chi connectivity index (χ0v) is 5.71. The Morgan fingerprint density at radius 3 is 2.88 bits per heavy atom. The van der Waals surface area contributed by atoms with Crippen LogP contribution < -0.4 is 11.3 Å². The minimum absolute atomic E-state index is 0.578. The average molecular weight is 132 g/mol. The van der Waals surface area contributed by atoms with E-state index in [2.05, 4.69) is 5.43 Å². The Morgan fingerprint density at radius 1 is 1.62 bits per heavy atom. The van der Waals surface area contributed by atoms with Gasteiger partial charge in [-0.3, -0.25) is 11.3 Å². The highest BCUT2D eigenvalue weighted by Crippen LogP contribution is 2.15. The van der Waals surface area contributed by atoms with Crippen molar-refractivity contribution in [3.05, 3.63) is 0 Å². The van der Waals surface area contributed by atoms with Crippen LogP contribution in [0.2, 0.25) is 0 Å². The van der Waals surface area contributed by atoms with Crippen molar-refractivity contribution in [1.82, 2.24) is 5.43 Å². The number of hydrogen-bond donors (Lipinski definition) is 2. The molecule has 1 unspecified atom stereocenters.